The van der Waals surface area contributed by atoms with Crippen molar-refractivity contribution < 1.29 is 28.6 Å². The average molecular weight is 528 g/mol. The summed E-state index contributed by atoms with van der Waals surface area (Å²) in [6.45, 7) is 8.11. The highest BCUT2D eigenvalue weighted by atomic mass is 32.2. The third kappa shape index (κ3) is 5.63. The van der Waals surface area contributed by atoms with Gasteiger partial charge in [-0.15, -0.1) is 11.3 Å². The van der Waals surface area contributed by atoms with E-state index in [1.807, 2.05) is 39.8 Å². The Balaban J connectivity index is 1.44. The van der Waals surface area contributed by atoms with E-state index in [-0.39, 0.29) is 16.7 Å². The van der Waals surface area contributed by atoms with Gasteiger partial charge in [0.05, 0.1) is 23.1 Å². The third-order valence-electron chi connectivity index (χ3n) is 5.26. The molecule has 1 aliphatic rings. The van der Waals surface area contributed by atoms with Gasteiger partial charge in [-0.1, -0.05) is 17.7 Å². The topological polar surface area (TPSA) is 135 Å². The first-order valence-corrected chi connectivity index (χ1v) is 13.0. The zero-order valence-corrected chi connectivity index (χ0v) is 21.9. The zero-order valence-electron chi connectivity index (χ0n) is 20.3. The number of hydrogen-bond donors (Lipinski definition) is 1. The van der Waals surface area contributed by atoms with E-state index in [1.165, 1.54) is 16.0 Å². The molecule has 0 fully saturated rings. The van der Waals surface area contributed by atoms with Crippen molar-refractivity contribution in [2.24, 2.45) is 0 Å². The maximum atomic E-state index is 12.7. The second kappa shape index (κ2) is 10.2. The number of ether oxygens (including phenoxy) is 1. The Kier molecular flexibility index (Phi) is 7.23. The van der Waals surface area contributed by atoms with Crippen molar-refractivity contribution in [3.63, 3.8) is 0 Å². The molecular weight excluding hydrogens is 502 g/mol. The lowest BCUT2D eigenvalue weighted by atomic mass is 10.0. The van der Waals surface area contributed by atoms with Crippen LogP contribution in [0.5, 0.6) is 5.95 Å². The Morgan fingerprint density at radius 3 is 2.75 bits per heavy atom. The largest absolute Gasteiger partial charge is 0.538 e. The van der Waals surface area contributed by atoms with Crippen molar-refractivity contribution in [3.8, 4) is 17.7 Å². The van der Waals surface area contributed by atoms with Gasteiger partial charge in [-0.05, 0) is 56.1 Å². The number of thioether (sulfide) groups is 1. The first-order valence-electron chi connectivity index (χ1n) is 11.2. The number of carbonyl (C=O) groups excluding carboxylic acids is 2. The lowest BCUT2D eigenvalue weighted by Crippen LogP contribution is -2.39. The number of fused-ring (bicyclic) bond motifs is 1. The molecule has 1 aromatic carbocycles. The molecule has 0 radical (unpaired) electrons. The summed E-state index contributed by atoms with van der Waals surface area (Å²) in [6.07, 6.45) is 0.0844. The van der Waals surface area contributed by atoms with Crippen LogP contribution in [0.3, 0.4) is 0 Å². The molecule has 3 heterocycles. The minimum absolute atomic E-state index is 0.0835. The molecule has 188 valence electrons. The van der Waals surface area contributed by atoms with Gasteiger partial charge in [-0.2, -0.15) is 5.26 Å². The molecule has 12 heteroatoms. The smallest absolute Gasteiger partial charge is 0.410 e. The molecule has 1 N–H and O–H groups in total. The molecule has 0 aliphatic carbocycles. The molecule has 0 atom stereocenters. The molecule has 2 amide bonds. The van der Waals surface area contributed by atoms with Crippen LogP contribution >= 0.6 is 23.1 Å². The van der Waals surface area contributed by atoms with E-state index < -0.39 is 17.6 Å². The molecular formula is C24H25N5O5S2. The van der Waals surface area contributed by atoms with Gasteiger partial charge in [0.2, 0.25) is 11.6 Å². The predicted octanol–water partition coefficient (Wildman–Crippen LogP) is 3.29. The van der Waals surface area contributed by atoms with Crippen LogP contribution in [0.1, 0.15) is 42.3 Å². The number of rotatable bonds is 5. The highest BCUT2D eigenvalue weighted by Crippen LogP contribution is 2.37. The molecule has 1 aliphatic heterocycles. The number of hydrogen-bond acceptors (Lipinski definition) is 9. The molecule has 0 saturated carbocycles. The van der Waals surface area contributed by atoms with Crippen LogP contribution < -0.4 is 15.1 Å². The number of nitrogens with zero attached hydrogens (tertiary/aromatic N) is 4. The van der Waals surface area contributed by atoms with Crippen molar-refractivity contribution in [3.05, 3.63) is 45.8 Å². The van der Waals surface area contributed by atoms with Gasteiger partial charge >= 0.3 is 6.09 Å². The second-order valence-corrected chi connectivity index (χ2v) is 11.3. The summed E-state index contributed by atoms with van der Waals surface area (Å²) in [5.41, 5.74) is 2.33. The lowest BCUT2D eigenvalue weighted by molar-refractivity contribution is -0.705. The number of nitriles is 1. The quantitative estimate of drug-likeness (QED) is 0.394. The lowest BCUT2D eigenvalue weighted by Gasteiger charge is -2.29. The van der Waals surface area contributed by atoms with Crippen molar-refractivity contribution in [1.29, 1.82) is 5.26 Å². The number of anilines is 1. The number of aromatic nitrogens is 2. The standard InChI is InChI=1S/C24H25N5O5S2/c1-14-5-7-15(8-6-14)29-21(22(31)34-27-29)35-13-19(30)26-20-17(11-25)16-9-10-28(12-18(16)36-20)23(32)33-24(2,3)4/h5-8H,9-10,12-13H2,1-4H3,(H-,26,27,30,31). The van der Waals surface area contributed by atoms with Gasteiger partial charge < -0.3 is 24.6 Å². The van der Waals surface area contributed by atoms with Crippen LogP contribution in [-0.2, 0) is 22.5 Å². The summed E-state index contributed by atoms with van der Waals surface area (Å²) in [4.78, 5) is 27.6. The molecule has 0 spiro atoms. The van der Waals surface area contributed by atoms with Crippen molar-refractivity contribution in [1.82, 2.24) is 10.2 Å². The predicted molar refractivity (Wildman–Crippen MR) is 131 cm³/mol. The fraction of sp³-hybridized carbons (Fsp3) is 0.375. The number of aryl methyl sites for hydroxylation is 1. The van der Waals surface area contributed by atoms with Crippen molar-refractivity contribution in [2.45, 2.75) is 51.3 Å². The summed E-state index contributed by atoms with van der Waals surface area (Å²) >= 11 is 2.27. The van der Waals surface area contributed by atoms with Crippen LogP contribution in [0.15, 0.2) is 33.8 Å². The Labute approximate surface area is 216 Å². The van der Waals surface area contributed by atoms with E-state index in [1.54, 1.807) is 17.0 Å². The monoisotopic (exact) mass is 527 g/mol. The summed E-state index contributed by atoms with van der Waals surface area (Å²) < 4.78 is 11.6. The maximum Gasteiger partial charge on any atom is 0.410 e. The van der Waals surface area contributed by atoms with E-state index in [4.69, 9.17) is 9.26 Å². The number of benzene rings is 1. The van der Waals surface area contributed by atoms with Gasteiger partial charge in [-0.25, -0.2) is 4.79 Å². The number of carbonyl (C=O) groups is 2. The normalized spacial score (nSPS) is 13.1. The second-order valence-electron chi connectivity index (χ2n) is 9.22. The van der Waals surface area contributed by atoms with Gasteiger partial charge in [0, 0.05) is 23.6 Å². The summed E-state index contributed by atoms with van der Waals surface area (Å²) in [6, 6.07) is 9.55. The van der Waals surface area contributed by atoms with Gasteiger partial charge in [0.15, 0.2) is 5.95 Å². The van der Waals surface area contributed by atoms with Crippen LogP contribution in [0.4, 0.5) is 9.80 Å². The van der Waals surface area contributed by atoms with E-state index in [0.717, 1.165) is 27.8 Å². The molecule has 2 aromatic heterocycles. The van der Waals surface area contributed by atoms with Crippen LogP contribution in [0.2, 0.25) is 0 Å². The van der Waals surface area contributed by atoms with E-state index >= 15 is 0 Å². The van der Waals surface area contributed by atoms with Gasteiger partial charge in [0.25, 0.3) is 5.03 Å². The Hall–Kier alpha value is -3.56. The van der Waals surface area contributed by atoms with Gasteiger partial charge in [-0.3, -0.25) is 4.79 Å². The number of amides is 2. The van der Waals surface area contributed by atoms with Crippen LogP contribution in [-0.4, -0.2) is 40.1 Å². The Morgan fingerprint density at radius 1 is 1.36 bits per heavy atom. The summed E-state index contributed by atoms with van der Waals surface area (Å²) in [5, 5.41) is 29.1. The average Bonchev–Trinajstić information content (AvgIpc) is 3.35. The van der Waals surface area contributed by atoms with Crippen molar-refractivity contribution >= 4 is 40.1 Å². The molecule has 10 nitrogen and oxygen atoms in total. The van der Waals surface area contributed by atoms with E-state index in [2.05, 4.69) is 16.7 Å². The van der Waals surface area contributed by atoms with E-state index in [0.29, 0.717) is 35.8 Å². The molecule has 36 heavy (non-hydrogen) atoms. The maximum absolute atomic E-state index is 12.7. The SMILES string of the molecule is Cc1ccc(-[n+]2noc([O-])c2SCC(=O)Nc2sc3c(c2C#N)CCN(C(=O)OC(C)(C)C)C3)cc1. The van der Waals surface area contributed by atoms with Crippen LogP contribution in [0, 0.1) is 18.3 Å². The molecule has 0 unspecified atom stereocenters. The summed E-state index contributed by atoms with van der Waals surface area (Å²) in [5.74, 6) is -1.10. The van der Waals surface area contributed by atoms with Crippen molar-refractivity contribution in [2.75, 3.05) is 17.6 Å². The molecule has 3 aromatic rings. The fourth-order valence-corrected chi connectivity index (χ4v) is 5.59. The highest BCUT2D eigenvalue weighted by molar-refractivity contribution is 7.99. The Bertz CT molecular complexity index is 1330. The first kappa shape index (κ1) is 25.5. The van der Waals surface area contributed by atoms with Crippen LogP contribution in [0.25, 0.3) is 5.69 Å². The minimum atomic E-state index is -0.639. The zero-order chi connectivity index (χ0) is 26.0. The molecule has 4 rings (SSSR count). The number of thiophene rings is 1. The summed E-state index contributed by atoms with van der Waals surface area (Å²) in [7, 11) is 0. The first-order chi connectivity index (χ1) is 17.1. The van der Waals surface area contributed by atoms with E-state index in [9.17, 15) is 20.0 Å². The fourth-order valence-electron chi connectivity index (χ4n) is 3.60. The Morgan fingerprint density at radius 2 is 2.08 bits per heavy atom. The highest BCUT2D eigenvalue weighted by Gasteiger charge is 2.30. The molecule has 0 saturated heterocycles. The number of nitrogens with one attached hydrogen (secondary N) is 1. The molecule has 0 bridgehead atoms. The third-order valence-corrected chi connectivity index (χ3v) is 7.42. The minimum Gasteiger partial charge on any atom is -0.538 e. The van der Waals surface area contributed by atoms with Gasteiger partial charge in [0.1, 0.15) is 16.7 Å².